The second-order valence-electron chi connectivity index (χ2n) is 10.3. The predicted molar refractivity (Wildman–Crippen MR) is 146 cm³/mol. The van der Waals surface area contributed by atoms with Gasteiger partial charge in [0.25, 0.3) is 5.91 Å². The molecular weight excluding hydrogens is 498 g/mol. The van der Waals surface area contributed by atoms with Gasteiger partial charge < -0.3 is 29.0 Å². The van der Waals surface area contributed by atoms with E-state index in [2.05, 4.69) is 16.8 Å². The van der Waals surface area contributed by atoms with Gasteiger partial charge in [0, 0.05) is 37.3 Å². The van der Waals surface area contributed by atoms with Crippen molar-refractivity contribution in [2.75, 3.05) is 40.6 Å². The number of aromatic nitrogens is 1. The number of rotatable bonds is 8. The minimum absolute atomic E-state index is 0.00151. The summed E-state index contributed by atoms with van der Waals surface area (Å²) in [5.74, 6) is 2.38. The summed E-state index contributed by atoms with van der Waals surface area (Å²) in [5, 5.41) is 9.95. The molecule has 2 aromatic carbocycles. The predicted octanol–water partition coefficient (Wildman–Crippen LogP) is 3.84. The fraction of sp³-hybridized carbons (Fsp3) is 0.400. The second kappa shape index (κ2) is 11.5. The first-order chi connectivity index (χ1) is 18.9. The van der Waals surface area contributed by atoms with E-state index in [4.69, 9.17) is 18.9 Å². The highest BCUT2D eigenvalue weighted by Crippen LogP contribution is 2.34. The Labute approximate surface area is 228 Å². The number of likely N-dealkylation sites (N-methyl/N-ethyl adjacent to an activating group) is 1. The summed E-state index contributed by atoms with van der Waals surface area (Å²) >= 11 is 0. The zero-order valence-corrected chi connectivity index (χ0v) is 22.8. The molecule has 5 rings (SSSR count). The summed E-state index contributed by atoms with van der Waals surface area (Å²) in [5.41, 5.74) is 3.21. The molecule has 2 aliphatic heterocycles. The van der Waals surface area contributed by atoms with Crippen LogP contribution in [-0.2, 0) is 6.54 Å². The summed E-state index contributed by atoms with van der Waals surface area (Å²) in [6.07, 6.45) is 1.50. The van der Waals surface area contributed by atoms with Gasteiger partial charge >= 0.3 is 0 Å². The summed E-state index contributed by atoms with van der Waals surface area (Å²) in [4.78, 5) is 22.3. The van der Waals surface area contributed by atoms with Gasteiger partial charge in [-0.25, -0.2) is 4.98 Å². The molecule has 9 heteroatoms. The van der Waals surface area contributed by atoms with E-state index in [1.165, 1.54) is 0 Å². The van der Waals surface area contributed by atoms with Crippen molar-refractivity contribution < 1.29 is 28.8 Å². The van der Waals surface area contributed by atoms with Crippen LogP contribution in [0.4, 0.5) is 0 Å². The maximum absolute atomic E-state index is 13.7. The molecule has 0 unspecified atom stereocenters. The smallest absolute Gasteiger partial charge is 0.259 e. The van der Waals surface area contributed by atoms with Crippen molar-refractivity contribution in [1.82, 2.24) is 14.8 Å². The van der Waals surface area contributed by atoms with Gasteiger partial charge in [-0.3, -0.25) is 9.69 Å². The Morgan fingerprint density at radius 1 is 1.13 bits per heavy atom. The molecule has 0 radical (unpaired) electrons. The quantitative estimate of drug-likeness (QED) is 0.467. The summed E-state index contributed by atoms with van der Waals surface area (Å²) < 4.78 is 22.7. The van der Waals surface area contributed by atoms with Crippen molar-refractivity contribution in [3.05, 3.63) is 65.9 Å². The number of pyridine rings is 1. The van der Waals surface area contributed by atoms with E-state index in [1.807, 2.05) is 62.5 Å². The molecule has 1 aromatic heterocycles. The van der Waals surface area contributed by atoms with Gasteiger partial charge in [0.15, 0.2) is 11.5 Å². The zero-order chi connectivity index (χ0) is 27.5. The summed E-state index contributed by atoms with van der Waals surface area (Å²) in [6.45, 7) is 5.80. The van der Waals surface area contributed by atoms with Gasteiger partial charge in [-0.15, -0.1) is 0 Å². The van der Waals surface area contributed by atoms with E-state index < -0.39 is 0 Å². The lowest BCUT2D eigenvalue weighted by atomic mass is 9.99. The topological polar surface area (TPSA) is 93.6 Å². The van der Waals surface area contributed by atoms with Gasteiger partial charge in [-0.1, -0.05) is 25.1 Å². The van der Waals surface area contributed by atoms with Crippen molar-refractivity contribution in [2.45, 2.75) is 32.5 Å². The maximum Gasteiger partial charge on any atom is 0.259 e. The number of nitrogens with zero attached hydrogens (tertiary/aromatic N) is 3. The number of carbonyl (C=O) groups is 1. The van der Waals surface area contributed by atoms with Crippen LogP contribution in [0, 0.1) is 5.92 Å². The molecule has 3 aromatic rings. The van der Waals surface area contributed by atoms with E-state index in [1.54, 1.807) is 18.2 Å². The van der Waals surface area contributed by atoms with Gasteiger partial charge in [-0.05, 0) is 55.4 Å². The lowest BCUT2D eigenvalue weighted by Crippen LogP contribution is -2.49. The highest BCUT2D eigenvalue weighted by atomic mass is 16.7. The molecule has 1 amide bonds. The molecule has 0 spiro atoms. The molecule has 3 heterocycles. The third-order valence-corrected chi connectivity index (χ3v) is 7.33. The molecule has 9 nitrogen and oxygen atoms in total. The molecule has 3 atom stereocenters. The van der Waals surface area contributed by atoms with Crippen LogP contribution in [0.15, 0.2) is 54.7 Å². The monoisotopic (exact) mass is 533 g/mol. The Morgan fingerprint density at radius 3 is 2.64 bits per heavy atom. The molecule has 0 aliphatic carbocycles. The van der Waals surface area contributed by atoms with Crippen LogP contribution in [0.3, 0.4) is 0 Å². The van der Waals surface area contributed by atoms with Crippen LogP contribution < -0.4 is 18.9 Å². The molecular formula is C30H35N3O6. The number of fused-ring (bicyclic) bond motifs is 2. The van der Waals surface area contributed by atoms with Crippen LogP contribution in [-0.4, -0.2) is 78.6 Å². The van der Waals surface area contributed by atoms with E-state index in [9.17, 15) is 9.90 Å². The van der Waals surface area contributed by atoms with E-state index in [-0.39, 0.29) is 37.4 Å². The maximum atomic E-state index is 13.7. The summed E-state index contributed by atoms with van der Waals surface area (Å²) in [7, 11) is 3.67. The fourth-order valence-electron chi connectivity index (χ4n) is 4.98. The van der Waals surface area contributed by atoms with E-state index in [0.717, 1.165) is 33.9 Å². The summed E-state index contributed by atoms with van der Waals surface area (Å²) in [6, 6.07) is 15.1. The van der Waals surface area contributed by atoms with Crippen molar-refractivity contribution in [2.24, 2.45) is 5.92 Å². The molecule has 2 aliphatic rings. The first kappa shape index (κ1) is 26.8. The number of hydrogen-bond donors (Lipinski definition) is 1. The van der Waals surface area contributed by atoms with Crippen LogP contribution in [0.5, 0.6) is 23.1 Å². The largest absolute Gasteiger partial charge is 0.497 e. The number of aliphatic hydroxyl groups is 1. The van der Waals surface area contributed by atoms with Crippen LogP contribution in [0.2, 0.25) is 0 Å². The normalized spacial score (nSPS) is 19.2. The Hall–Kier alpha value is -3.82. The van der Waals surface area contributed by atoms with Crippen molar-refractivity contribution >= 4 is 5.91 Å². The van der Waals surface area contributed by atoms with Gasteiger partial charge in [0.2, 0.25) is 12.7 Å². The van der Waals surface area contributed by atoms with Crippen molar-refractivity contribution in [3.8, 4) is 34.3 Å². The Kier molecular flexibility index (Phi) is 7.90. The number of hydrogen-bond acceptors (Lipinski definition) is 8. The minimum atomic E-state index is -0.345. The molecule has 0 fully saturated rings. The van der Waals surface area contributed by atoms with Crippen LogP contribution >= 0.6 is 0 Å². The number of benzene rings is 2. The van der Waals surface area contributed by atoms with E-state index >= 15 is 0 Å². The first-order valence-corrected chi connectivity index (χ1v) is 13.2. The Bertz CT molecular complexity index is 1310. The molecule has 206 valence electrons. The fourth-order valence-corrected chi connectivity index (χ4v) is 4.98. The molecule has 0 saturated heterocycles. The van der Waals surface area contributed by atoms with Crippen molar-refractivity contribution in [1.29, 1.82) is 0 Å². The van der Waals surface area contributed by atoms with E-state index in [0.29, 0.717) is 31.1 Å². The van der Waals surface area contributed by atoms with Gasteiger partial charge in [-0.2, -0.15) is 0 Å². The molecule has 1 N–H and O–H groups in total. The Balaban J connectivity index is 1.41. The van der Waals surface area contributed by atoms with Crippen molar-refractivity contribution in [3.63, 3.8) is 0 Å². The number of methoxy groups -OCH3 is 1. The number of aliphatic hydroxyl groups excluding tert-OH is 1. The zero-order valence-electron chi connectivity index (χ0n) is 22.8. The Morgan fingerprint density at radius 2 is 1.90 bits per heavy atom. The SMILES string of the molecule is COc1ccc(-c2cnc3c(c2)C(=O)N([C@H](C)CO)C[C@H](C)[C@H](CN(C)Cc2ccc4c(c2)OCO4)O3)cc1. The lowest BCUT2D eigenvalue weighted by Gasteiger charge is -2.37. The molecule has 0 saturated carbocycles. The highest BCUT2D eigenvalue weighted by molar-refractivity contribution is 5.98. The van der Waals surface area contributed by atoms with Gasteiger partial charge in [0.1, 0.15) is 17.4 Å². The number of carbonyl (C=O) groups excluding carboxylic acids is 1. The standard InChI is InChI=1S/C30H35N3O6/c1-19-14-33(20(2)17-34)30(35)25-12-23(22-6-8-24(36-4)9-7-22)13-31-29(25)39-28(19)16-32(3)15-21-5-10-26-27(11-21)38-18-37-26/h5-13,19-20,28,34H,14-18H2,1-4H3/t19-,20+,28-/m0/s1. The second-order valence-corrected chi connectivity index (χ2v) is 10.3. The van der Waals surface area contributed by atoms with Gasteiger partial charge in [0.05, 0.1) is 19.8 Å². The lowest BCUT2D eigenvalue weighted by molar-refractivity contribution is 0.0325. The van der Waals surface area contributed by atoms with Crippen LogP contribution in [0.25, 0.3) is 11.1 Å². The molecule has 39 heavy (non-hydrogen) atoms. The average molecular weight is 534 g/mol. The average Bonchev–Trinajstić information content (AvgIpc) is 3.42. The highest BCUT2D eigenvalue weighted by Gasteiger charge is 2.34. The number of ether oxygens (including phenoxy) is 4. The third kappa shape index (κ3) is 5.79. The number of amides is 1. The first-order valence-electron chi connectivity index (χ1n) is 13.2. The minimum Gasteiger partial charge on any atom is -0.497 e. The third-order valence-electron chi connectivity index (χ3n) is 7.33. The van der Waals surface area contributed by atoms with Crippen LogP contribution in [0.1, 0.15) is 29.8 Å². The molecule has 0 bridgehead atoms.